The molecule has 95 heavy (non-hydrogen) atoms. The first kappa shape index (κ1) is 68.2. The number of halogens is 4. The Morgan fingerprint density at radius 2 is 1.35 bits per heavy atom. The van der Waals surface area contributed by atoms with E-state index in [1.807, 2.05) is 44.8 Å². The number of anilines is 3. The van der Waals surface area contributed by atoms with Gasteiger partial charge in [-0.2, -0.15) is 0 Å². The Hall–Kier alpha value is -8.23. The van der Waals surface area contributed by atoms with E-state index in [0.29, 0.717) is 138 Å². The van der Waals surface area contributed by atoms with Crippen LogP contribution in [0.5, 0.6) is 0 Å². The number of fused-ring (bicyclic) bond motifs is 2. The zero-order valence-corrected chi connectivity index (χ0v) is 57.1. The number of nitrogens with zero attached hydrogens (tertiary/aromatic N) is 10. The van der Waals surface area contributed by atoms with E-state index in [9.17, 15) is 41.2 Å². The second-order valence-corrected chi connectivity index (χ2v) is 28.1. The van der Waals surface area contributed by atoms with Crippen molar-refractivity contribution in [1.82, 2.24) is 40.2 Å². The van der Waals surface area contributed by atoms with E-state index >= 15 is 0 Å². The molecule has 4 saturated heterocycles. The molecular weight excluding hydrogens is 1380 g/mol. The fourth-order valence-corrected chi connectivity index (χ4v) is 15.0. The summed E-state index contributed by atoms with van der Waals surface area (Å²) < 4.78 is 75.9. The van der Waals surface area contributed by atoms with Gasteiger partial charge >= 0.3 is 24.0 Å². The average molecular weight is 1440 g/mol. The second kappa shape index (κ2) is 29.0. The molecule has 6 aromatic rings. The first-order valence-corrected chi connectivity index (χ1v) is 34.9. The molecule has 8 heterocycles. The number of benzene rings is 4. The van der Waals surface area contributed by atoms with Crippen LogP contribution in [0.1, 0.15) is 59.6 Å². The molecular formula is C64H67BrClF2N13O11S3. The maximum atomic E-state index is 14.2. The minimum atomic E-state index is -3.42. The Kier molecular flexibility index (Phi) is 20.8. The lowest BCUT2D eigenvalue weighted by molar-refractivity contribution is -0.141. The van der Waals surface area contributed by atoms with Gasteiger partial charge in [-0.3, -0.25) is 39.1 Å². The number of carbonyl (C=O) groups is 5. The molecule has 6 aliphatic rings. The standard InChI is InChI=1S/C35H38BrFN6O6S.C29H29ClFN7O5S2/c1-5-48-33(45)29-26(39-31(32-38-12-15-50-32)40-30(29)24-11-8-22(37)16-25(24)36)17-41-13-14-42-27(28(41)19-47-4)18-43(34(42)46)23-9-6-21(7-10-23)35(2,3)49-20-44;1-43-28(39)24-23(33-26(27-32-9-12-44-27)34-25(24)21-8-3-17(31)13-22(21)30)16-36-10-11-37-20(14-36)15-38(29(37)40)19-6-4-18(5-7-19)35-45(2,41)42/h6-12,15-16,20,27-28,30H,5,13-14,17-19H2,1-4H3,(H,39,40);3-9,12-13,20,25,35H,10-11,14-16H2,1-2H3,(H,33,34)/t27-,28-,30+;20-,25-/m10/s1. The van der Waals surface area contributed by atoms with Gasteiger partial charge in [-0.05, 0) is 92.6 Å². The predicted octanol–water partition coefficient (Wildman–Crippen LogP) is 8.45. The van der Waals surface area contributed by atoms with Crippen molar-refractivity contribution in [1.29, 1.82) is 0 Å². The van der Waals surface area contributed by atoms with E-state index in [2.05, 4.69) is 51.1 Å². The number of thiazole rings is 2. The molecule has 0 saturated carbocycles. The van der Waals surface area contributed by atoms with Crippen LogP contribution < -0.4 is 25.2 Å². The van der Waals surface area contributed by atoms with Crippen molar-refractivity contribution in [3.63, 3.8) is 0 Å². The molecule has 0 spiro atoms. The molecule has 0 bridgehead atoms. The number of urea groups is 2. The van der Waals surface area contributed by atoms with Gasteiger partial charge in [-0.25, -0.2) is 46.3 Å². The number of sulfonamides is 1. The van der Waals surface area contributed by atoms with Gasteiger partial charge < -0.3 is 39.4 Å². The lowest BCUT2D eigenvalue weighted by atomic mass is 9.94. The number of hydrogen-bond donors (Lipinski definition) is 3. The van der Waals surface area contributed by atoms with E-state index in [1.165, 1.54) is 60.1 Å². The van der Waals surface area contributed by atoms with Crippen LogP contribution >= 0.6 is 50.2 Å². The second-order valence-electron chi connectivity index (χ2n) is 23.3. The molecule has 0 radical (unpaired) electrons. The van der Waals surface area contributed by atoms with E-state index in [1.54, 1.807) is 80.4 Å². The Balaban J connectivity index is 0.000000194. The van der Waals surface area contributed by atoms with Crippen LogP contribution in [0.4, 0.5) is 35.4 Å². The molecule has 4 aromatic carbocycles. The van der Waals surface area contributed by atoms with Crippen molar-refractivity contribution in [3.8, 4) is 0 Å². The fraction of sp³-hybridized carbons (Fsp3) is 0.359. The maximum Gasteiger partial charge on any atom is 0.338 e. The van der Waals surface area contributed by atoms with E-state index in [-0.39, 0.29) is 47.4 Å². The zero-order chi connectivity index (χ0) is 67.5. The Bertz CT molecular complexity index is 4130. The maximum absolute atomic E-state index is 14.2. The van der Waals surface area contributed by atoms with Gasteiger partial charge in [0.1, 0.15) is 29.3 Å². The number of amidine groups is 2. The molecule has 31 heteroatoms. The fourth-order valence-electron chi connectivity index (χ4n) is 12.4. The summed E-state index contributed by atoms with van der Waals surface area (Å²) in [7, 11) is -0.501. The third-order valence-electron chi connectivity index (χ3n) is 16.9. The van der Waals surface area contributed by atoms with Gasteiger partial charge in [0.15, 0.2) is 21.7 Å². The lowest BCUT2D eigenvalue weighted by Crippen LogP contribution is -2.61. The van der Waals surface area contributed by atoms with Crippen LogP contribution in [0.3, 0.4) is 0 Å². The van der Waals surface area contributed by atoms with Gasteiger partial charge in [0, 0.05) is 133 Å². The Labute approximate surface area is 568 Å². The first-order valence-electron chi connectivity index (χ1n) is 30.1. The summed E-state index contributed by atoms with van der Waals surface area (Å²) in [6.07, 6.45) is 4.41. The first-order chi connectivity index (χ1) is 45.6. The molecule has 12 rings (SSSR count). The Morgan fingerprint density at radius 3 is 1.93 bits per heavy atom. The van der Waals surface area contributed by atoms with E-state index in [0.717, 1.165) is 17.5 Å². The van der Waals surface area contributed by atoms with Crippen molar-refractivity contribution in [2.75, 3.05) is 107 Å². The van der Waals surface area contributed by atoms with Crippen molar-refractivity contribution >= 4 is 119 Å². The minimum absolute atomic E-state index is 0.103. The lowest BCUT2D eigenvalue weighted by Gasteiger charge is -2.44. The highest BCUT2D eigenvalue weighted by molar-refractivity contribution is 9.10. The molecule has 0 aliphatic carbocycles. The van der Waals surface area contributed by atoms with Crippen LogP contribution in [-0.2, 0) is 49.0 Å². The average Bonchev–Trinajstić information content (AvgIpc) is 1.76. The van der Waals surface area contributed by atoms with Crippen LogP contribution in [0.2, 0.25) is 5.02 Å². The molecule has 6 aliphatic heterocycles. The predicted molar refractivity (Wildman–Crippen MR) is 359 cm³/mol. The number of nitrogens with one attached hydrogen (secondary N) is 3. The topological polar surface area (TPSA) is 262 Å². The minimum Gasteiger partial charge on any atom is -0.466 e. The van der Waals surface area contributed by atoms with Crippen molar-refractivity contribution in [2.24, 2.45) is 9.98 Å². The number of rotatable bonds is 20. The summed E-state index contributed by atoms with van der Waals surface area (Å²) >= 11 is 12.7. The van der Waals surface area contributed by atoms with E-state index < -0.39 is 51.3 Å². The highest BCUT2D eigenvalue weighted by atomic mass is 79.9. The third kappa shape index (κ3) is 14.9. The number of hydrogen-bond acceptors (Lipinski definition) is 21. The summed E-state index contributed by atoms with van der Waals surface area (Å²) in [6.45, 7) is 10.2. The highest BCUT2D eigenvalue weighted by Gasteiger charge is 2.48. The molecule has 4 fully saturated rings. The number of aliphatic imine (C=N–C) groups is 2. The summed E-state index contributed by atoms with van der Waals surface area (Å²) in [4.78, 5) is 95.2. The number of esters is 2. The summed E-state index contributed by atoms with van der Waals surface area (Å²) in [5, 5.41) is 11.7. The van der Waals surface area contributed by atoms with Crippen LogP contribution in [0.25, 0.3) is 0 Å². The van der Waals surface area contributed by atoms with E-state index in [4.69, 9.17) is 40.5 Å². The van der Waals surface area contributed by atoms with Gasteiger partial charge in [0.05, 0.1) is 55.9 Å². The number of methoxy groups -OCH3 is 2. The van der Waals surface area contributed by atoms with Crippen molar-refractivity contribution < 1.29 is 60.1 Å². The monoisotopic (exact) mass is 1440 g/mol. The molecule has 500 valence electrons. The Morgan fingerprint density at radius 1 is 0.768 bits per heavy atom. The molecule has 2 aromatic heterocycles. The summed E-state index contributed by atoms with van der Waals surface area (Å²) in [5.74, 6) is -1.13. The summed E-state index contributed by atoms with van der Waals surface area (Å²) in [5.41, 5.74) is 4.54. The van der Waals surface area contributed by atoms with Crippen LogP contribution in [0, 0.1) is 11.6 Å². The van der Waals surface area contributed by atoms with Crippen molar-refractivity contribution in [3.05, 3.63) is 178 Å². The number of carbonyl (C=O) groups excluding carboxylic acids is 5. The normalized spacial score (nSPS) is 20.8. The quantitative estimate of drug-likeness (QED) is 0.0368. The SMILES string of the molecule is CCOC(=O)C1=C(CN2CCN3C(=O)N(c4ccc(C(C)(C)OC=O)cc4)C[C@@H]3[C@H]2COC)NC(c2nccs2)=N[C@H]1c1ccc(F)cc1Br.COC(=O)C1=C(CN2CCN3C(=O)N(c4ccc(NS(C)(=O)=O)cc4)C[C@@H]3C2)NC(c2nccs2)=N[C@H]1c1ccc(F)cc1Cl. The highest BCUT2D eigenvalue weighted by Crippen LogP contribution is 2.41. The van der Waals surface area contributed by atoms with Gasteiger partial charge in [0.25, 0.3) is 6.47 Å². The third-order valence-corrected chi connectivity index (χ3v) is 20.1. The number of amides is 4. The molecule has 5 atom stereocenters. The van der Waals surface area contributed by atoms with Gasteiger partial charge in [-0.1, -0.05) is 51.8 Å². The molecule has 4 amide bonds. The van der Waals surface area contributed by atoms with Crippen LogP contribution in [-0.4, -0.2) is 191 Å². The van der Waals surface area contributed by atoms with Crippen LogP contribution in [0.15, 0.2) is 145 Å². The number of aromatic nitrogens is 2. The molecule has 0 unspecified atom stereocenters. The van der Waals surface area contributed by atoms with Gasteiger partial charge in [-0.15, -0.1) is 22.7 Å². The molecule has 3 N–H and O–H groups in total. The summed E-state index contributed by atoms with van der Waals surface area (Å²) in [6, 6.07) is 19.9. The number of ether oxygens (including phenoxy) is 4. The smallest absolute Gasteiger partial charge is 0.338 e. The van der Waals surface area contributed by atoms with Gasteiger partial charge in [0.2, 0.25) is 10.0 Å². The van der Waals surface area contributed by atoms with Crippen molar-refractivity contribution in [2.45, 2.75) is 56.6 Å². The number of piperazine rings is 2. The largest absolute Gasteiger partial charge is 0.466 e. The zero-order valence-electron chi connectivity index (χ0n) is 52.3. The molecule has 24 nitrogen and oxygen atoms in total.